The number of rotatable bonds is 5. The summed E-state index contributed by atoms with van der Waals surface area (Å²) in [5, 5.41) is 0. The fourth-order valence-electron chi connectivity index (χ4n) is 5.60. The van der Waals surface area contributed by atoms with Crippen molar-refractivity contribution in [3.8, 4) is 0 Å². The predicted octanol–water partition coefficient (Wildman–Crippen LogP) is 7.12. The lowest BCUT2D eigenvalue weighted by atomic mass is 9.82. The Bertz CT molecular complexity index is 1060. The molecule has 0 bridgehead atoms. The molecule has 1 amide bonds. The van der Waals surface area contributed by atoms with Gasteiger partial charge in [0.05, 0.1) is 23.3 Å². The molecule has 1 aliphatic carbocycles. The van der Waals surface area contributed by atoms with Crippen LogP contribution < -0.4 is 0 Å². The Balaban J connectivity index is 1.65. The van der Waals surface area contributed by atoms with Gasteiger partial charge in [0.1, 0.15) is 5.82 Å². The van der Waals surface area contributed by atoms with Crippen molar-refractivity contribution < 1.29 is 40.3 Å². The Hall–Kier alpha value is -2.62. The molecular formula is C26H26F7NO2. The highest BCUT2D eigenvalue weighted by molar-refractivity contribution is 5.78. The average molecular weight is 517 g/mol. The number of amides is 1. The van der Waals surface area contributed by atoms with Crippen LogP contribution in [0.3, 0.4) is 0 Å². The van der Waals surface area contributed by atoms with Crippen LogP contribution in [0.25, 0.3) is 0 Å². The third-order valence-electron chi connectivity index (χ3n) is 7.40. The molecule has 2 aromatic rings. The Labute approximate surface area is 204 Å². The van der Waals surface area contributed by atoms with Gasteiger partial charge in [0.15, 0.2) is 0 Å². The van der Waals surface area contributed by atoms with E-state index < -0.39 is 41.5 Å². The van der Waals surface area contributed by atoms with Crippen LogP contribution >= 0.6 is 0 Å². The highest BCUT2D eigenvalue weighted by atomic mass is 19.4. The maximum atomic E-state index is 13.6. The predicted molar refractivity (Wildman–Crippen MR) is 117 cm³/mol. The molecule has 0 spiro atoms. The standard InChI is InChI=1S/C26H26F7NO2/c1-14(16-11-17(25(28,29)30)13-18(12-16)26(31,32)33)36-22-9-7-20(21-8-10-23(35)34(21)2)24(22)15-3-5-19(27)6-4-15/h3-6,11-14,20-22,24H,7-10H2,1-2H3/t14-,20+,21-,22+,24+/m1/s1. The molecular weight excluding hydrogens is 491 g/mol. The van der Waals surface area contributed by atoms with Crippen LogP contribution in [0.15, 0.2) is 42.5 Å². The molecule has 4 rings (SSSR count). The summed E-state index contributed by atoms with van der Waals surface area (Å²) in [4.78, 5) is 13.9. The van der Waals surface area contributed by atoms with Crippen LogP contribution in [0.5, 0.6) is 0 Å². The molecule has 5 atom stereocenters. The Kier molecular flexibility index (Phi) is 7.11. The summed E-state index contributed by atoms with van der Waals surface area (Å²) in [6, 6.07) is 7.21. The van der Waals surface area contributed by atoms with E-state index in [0.29, 0.717) is 37.8 Å². The van der Waals surface area contributed by atoms with Crippen molar-refractivity contribution in [2.45, 2.75) is 69.1 Å². The van der Waals surface area contributed by atoms with Crippen molar-refractivity contribution in [2.24, 2.45) is 5.92 Å². The quantitative estimate of drug-likeness (QED) is 0.395. The first-order chi connectivity index (χ1) is 16.8. The molecule has 0 unspecified atom stereocenters. The molecule has 196 valence electrons. The zero-order valence-electron chi connectivity index (χ0n) is 19.7. The summed E-state index contributed by atoms with van der Waals surface area (Å²) >= 11 is 0. The number of carbonyl (C=O) groups excluding carboxylic acids is 1. The monoisotopic (exact) mass is 517 g/mol. The summed E-state index contributed by atoms with van der Waals surface area (Å²) in [6.45, 7) is 1.43. The van der Waals surface area contributed by atoms with Crippen LogP contribution in [0.1, 0.15) is 66.9 Å². The van der Waals surface area contributed by atoms with Gasteiger partial charge in [-0.2, -0.15) is 26.3 Å². The summed E-state index contributed by atoms with van der Waals surface area (Å²) < 4.78 is 99.8. The van der Waals surface area contributed by atoms with Gasteiger partial charge >= 0.3 is 12.4 Å². The lowest BCUT2D eigenvalue weighted by Crippen LogP contribution is -2.37. The minimum atomic E-state index is -4.95. The van der Waals surface area contributed by atoms with Crippen LogP contribution in [-0.2, 0) is 21.9 Å². The topological polar surface area (TPSA) is 29.5 Å². The van der Waals surface area contributed by atoms with Crippen molar-refractivity contribution in [3.63, 3.8) is 0 Å². The van der Waals surface area contributed by atoms with E-state index in [4.69, 9.17) is 4.74 Å². The molecule has 2 aliphatic rings. The van der Waals surface area contributed by atoms with Gasteiger partial charge in [-0.15, -0.1) is 0 Å². The van der Waals surface area contributed by atoms with Gasteiger partial charge in [0.25, 0.3) is 0 Å². The fourth-order valence-corrected chi connectivity index (χ4v) is 5.60. The summed E-state index contributed by atoms with van der Waals surface area (Å²) in [5.74, 6) is -0.772. The molecule has 2 aromatic carbocycles. The molecule has 36 heavy (non-hydrogen) atoms. The summed E-state index contributed by atoms with van der Waals surface area (Å²) in [6.07, 6.45) is -9.32. The van der Waals surface area contributed by atoms with E-state index in [1.54, 1.807) is 24.1 Å². The van der Waals surface area contributed by atoms with Crippen molar-refractivity contribution >= 4 is 5.91 Å². The van der Waals surface area contributed by atoms with Gasteiger partial charge in [-0.05, 0) is 73.6 Å². The second-order valence-corrected chi connectivity index (χ2v) is 9.59. The number of benzene rings is 2. The largest absolute Gasteiger partial charge is 0.416 e. The van der Waals surface area contributed by atoms with Crippen LogP contribution in [0, 0.1) is 11.7 Å². The SMILES string of the molecule is C[C@@H](O[C@H]1CC[C@@H]([C@H]2CCC(=O)N2C)[C@@H]1c1ccc(F)cc1)c1cc(C(F)(F)F)cc(C(F)(F)F)c1. The fraction of sp³-hybridized carbons (Fsp3) is 0.500. The molecule has 1 heterocycles. The van der Waals surface area contributed by atoms with Gasteiger partial charge in [-0.1, -0.05) is 12.1 Å². The first kappa shape index (κ1) is 26.4. The number of hydrogen-bond acceptors (Lipinski definition) is 2. The van der Waals surface area contributed by atoms with Gasteiger partial charge in [0.2, 0.25) is 5.91 Å². The van der Waals surface area contributed by atoms with Crippen LogP contribution in [0.2, 0.25) is 0 Å². The van der Waals surface area contributed by atoms with E-state index in [9.17, 15) is 35.5 Å². The lowest BCUT2D eigenvalue weighted by Gasteiger charge is -2.34. The maximum absolute atomic E-state index is 13.6. The minimum absolute atomic E-state index is 0.0132. The average Bonchev–Trinajstić information content (AvgIpc) is 3.35. The molecule has 2 fully saturated rings. The molecule has 0 radical (unpaired) electrons. The van der Waals surface area contributed by atoms with Crippen molar-refractivity contribution in [2.75, 3.05) is 7.05 Å². The van der Waals surface area contributed by atoms with Gasteiger partial charge < -0.3 is 9.64 Å². The van der Waals surface area contributed by atoms with Gasteiger partial charge in [0, 0.05) is 25.4 Å². The van der Waals surface area contributed by atoms with Crippen molar-refractivity contribution in [3.05, 3.63) is 70.5 Å². The first-order valence-corrected chi connectivity index (χ1v) is 11.7. The lowest BCUT2D eigenvalue weighted by molar-refractivity contribution is -0.143. The highest BCUT2D eigenvalue weighted by Gasteiger charge is 2.46. The number of halogens is 7. The molecule has 1 saturated heterocycles. The summed E-state index contributed by atoms with van der Waals surface area (Å²) in [7, 11) is 1.72. The zero-order valence-corrected chi connectivity index (χ0v) is 19.7. The Morgan fingerprint density at radius 1 is 0.917 bits per heavy atom. The summed E-state index contributed by atoms with van der Waals surface area (Å²) in [5.41, 5.74) is -2.27. The maximum Gasteiger partial charge on any atom is 0.416 e. The van der Waals surface area contributed by atoms with E-state index in [1.807, 2.05) is 0 Å². The highest BCUT2D eigenvalue weighted by Crippen LogP contribution is 2.48. The number of likely N-dealkylation sites (tertiary alicyclic amines) is 1. The number of hydrogen-bond donors (Lipinski definition) is 0. The molecule has 0 N–H and O–H groups in total. The molecule has 1 aliphatic heterocycles. The van der Waals surface area contributed by atoms with E-state index in [-0.39, 0.29) is 35.4 Å². The second kappa shape index (κ2) is 9.68. The number of nitrogens with zero attached hydrogens (tertiary/aromatic N) is 1. The zero-order chi connectivity index (χ0) is 26.4. The minimum Gasteiger partial charge on any atom is -0.370 e. The van der Waals surface area contributed by atoms with E-state index in [0.717, 1.165) is 5.56 Å². The van der Waals surface area contributed by atoms with Gasteiger partial charge in [-0.3, -0.25) is 4.79 Å². The van der Waals surface area contributed by atoms with Gasteiger partial charge in [-0.25, -0.2) is 4.39 Å². The van der Waals surface area contributed by atoms with E-state index in [1.165, 1.54) is 19.1 Å². The molecule has 1 saturated carbocycles. The normalized spacial score (nSPS) is 26.0. The second-order valence-electron chi connectivity index (χ2n) is 9.59. The van der Waals surface area contributed by atoms with Crippen molar-refractivity contribution in [1.29, 1.82) is 0 Å². The number of alkyl halides is 6. The third kappa shape index (κ3) is 5.38. The van der Waals surface area contributed by atoms with E-state index in [2.05, 4.69) is 0 Å². The molecule has 0 aromatic heterocycles. The Morgan fingerprint density at radius 3 is 2.00 bits per heavy atom. The molecule has 3 nitrogen and oxygen atoms in total. The van der Waals surface area contributed by atoms with E-state index >= 15 is 0 Å². The van der Waals surface area contributed by atoms with Crippen molar-refractivity contribution in [1.82, 2.24) is 4.90 Å². The third-order valence-corrected chi connectivity index (χ3v) is 7.40. The number of carbonyl (C=O) groups is 1. The number of ether oxygens (including phenoxy) is 1. The Morgan fingerprint density at radius 2 is 1.50 bits per heavy atom. The smallest absolute Gasteiger partial charge is 0.370 e. The molecule has 10 heteroatoms. The first-order valence-electron chi connectivity index (χ1n) is 11.7. The van der Waals surface area contributed by atoms with Crippen LogP contribution in [0.4, 0.5) is 30.7 Å². The van der Waals surface area contributed by atoms with Crippen LogP contribution in [-0.4, -0.2) is 30.0 Å².